The molecule has 3 rings (SSSR count). The summed E-state index contributed by atoms with van der Waals surface area (Å²) in [7, 11) is 1.63. The van der Waals surface area contributed by atoms with E-state index in [4.69, 9.17) is 4.74 Å². The number of carbonyl (C=O) groups excluding carboxylic acids is 1. The van der Waals surface area contributed by atoms with Crippen LogP contribution in [0.4, 0.5) is 0 Å². The molecule has 0 amide bonds. The average Bonchev–Trinajstić information content (AvgIpc) is 2.89. The van der Waals surface area contributed by atoms with Gasteiger partial charge in [-0.15, -0.1) is 5.10 Å². The second-order valence-electron chi connectivity index (χ2n) is 4.50. The molecule has 2 aromatic heterocycles. The van der Waals surface area contributed by atoms with Gasteiger partial charge in [0.05, 0.1) is 7.11 Å². The van der Waals surface area contributed by atoms with Crippen LogP contribution in [-0.4, -0.2) is 28.0 Å². The van der Waals surface area contributed by atoms with Crippen LogP contribution < -0.4 is 4.74 Å². The van der Waals surface area contributed by atoms with Gasteiger partial charge in [-0.3, -0.25) is 4.79 Å². The molecule has 5 heteroatoms. The van der Waals surface area contributed by atoms with E-state index in [1.54, 1.807) is 17.8 Å². The quantitative estimate of drug-likeness (QED) is 0.684. The highest BCUT2D eigenvalue weighted by atomic mass is 16.5. The Kier molecular flexibility index (Phi) is 2.95. The molecule has 0 saturated heterocycles. The molecule has 0 aliphatic carbocycles. The molecule has 1 aromatic carbocycles. The third kappa shape index (κ3) is 2.03. The van der Waals surface area contributed by atoms with Crippen molar-refractivity contribution in [2.75, 3.05) is 7.11 Å². The summed E-state index contributed by atoms with van der Waals surface area (Å²) in [6.45, 7) is 1.88. The molecule has 0 atom stereocenters. The lowest BCUT2D eigenvalue weighted by Crippen LogP contribution is -1.94. The van der Waals surface area contributed by atoms with Gasteiger partial charge in [0.25, 0.3) is 0 Å². The first-order valence-corrected chi connectivity index (χ1v) is 6.18. The van der Waals surface area contributed by atoms with E-state index in [9.17, 15) is 4.79 Å². The molecule has 0 aliphatic rings. The van der Waals surface area contributed by atoms with Gasteiger partial charge in [-0.05, 0) is 42.8 Å². The van der Waals surface area contributed by atoms with Crippen LogP contribution in [0.1, 0.15) is 15.9 Å². The fourth-order valence-electron chi connectivity index (χ4n) is 2.03. The number of ether oxygens (including phenoxy) is 1. The highest BCUT2D eigenvalue weighted by molar-refractivity contribution is 5.77. The summed E-state index contributed by atoms with van der Waals surface area (Å²) >= 11 is 0. The number of aromatic nitrogens is 3. The summed E-state index contributed by atoms with van der Waals surface area (Å²) in [5.41, 5.74) is 3.13. The number of fused-ring (bicyclic) bond motifs is 1. The van der Waals surface area contributed by atoms with Crippen molar-refractivity contribution in [3.63, 3.8) is 0 Å². The zero-order valence-corrected chi connectivity index (χ0v) is 11.2. The fraction of sp³-hybridized carbons (Fsp3) is 0.133. The minimum absolute atomic E-state index is 0.615. The van der Waals surface area contributed by atoms with Crippen molar-refractivity contribution < 1.29 is 9.53 Å². The molecule has 0 aliphatic heterocycles. The molecule has 0 bridgehead atoms. The Morgan fingerprint density at radius 2 is 2.00 bits per heavy atom. The van der Waals surface area contributed by atoms with E-state index >= 15 is 0 Å². The van der Waals surface area contributed by atoms with E-state index in [2.05, 4.69) is 10.1 Å². The summed E-state index contributed by atoms with van der Waals surface area (Å²) in [5, 5.41) is 4.39. The normalized spacial score (nSPS) is 10.7. The first-order chi connectivity index (χ1) is 9.71. The minimum Gasteiger partial charge on any atom is -0.497 e. The zero-order valence-electron chi connectivity index (χ0n) is 11.2. The van der Waals surface area contributed by atoms with Crippen LogP contribution in [0.5, 0.6) is 5.75 Å². The molecule has 20 heavy (non-hydrogen) atoms. The second-order valence-corrected chi connectivity index (χ2v) is 4.50. The van der Waals surface area contributed by atoms with Crippen molar-refractivity contribution in [1.29, 1.82) is 0 Å². The van der Waals surface area contributed by atoms with Crippen molar-refractivity contribution in [2.45, 2.75) is 6.92 Å². The van der Waals surface area contributed by atoms with Gasteiger partial charge in [0.15, 0.2) is 17.8 Å². The molecule has 2 heterocycles. The molecular weight excluding hydrogens is 254 g/mol. The lowest BCUT2D eigenvalue weighted by Gasteiger charge is -1.99. The summed E-state index contributed by atoms with van der Waals surface area (Å²) in [6, 6.07) is 9.39. The third-order valence-electron chi connectivity index (χ3n) is 3.20. The van der Waals surface area contributed by atoms with Crippen molar-refractivity contribution >= 4 is 11.9 Å². The fourth-order valence-corrected chi connectivity index (χ4v) is 2.03. The molecule has 0 fully saturated rings. The minimum atomic E-state index is 0.615. The van der Waals surface area contributed by atoms with Crippen LogP contribution in [0.3, 0.4) is 0 Å². The molecular formula is C15H13N3O2. The molecule has 5 nitrogen and oxygen atoms in total. The van der Waals surface area contributed by atoms with Crippen molar-refractivity contribution in [2.24, 2.45) is 0 Å². The van der Waals surface area contributed by atoms with Crippen LogP contribution in [0.15, 0.2) is 36.5 Å². The predicted molar refractivity (Wildman–Crippen MR) is 75.1 cm³/mol. The smallest absolute Gasteiger partial charge is 0.182 e. The molecule has 0 N–H and O–H groups in total. The zero-order chi connectivity index (χ0) is 14.1. The largest absolute Gasteiger partial charge is 0.497 e. The van der Waals surface area contributed by atoms with Gasteiger partial charge in [0.2, 0.25) is 0 Å². The van der Waals surface area contributed by atoms with E-state index in [1.165, 1.54) is 0 Å². The Bertz CT molecular complexity index is 776. The van der Waals surface area contributed by atoms with E-state index in [0.717, 1.165) is 28.8 Å². The Labute approximate surface area is 115 Å². The topological polar surface area (TPSA) is 56.5 Å². The van der Waals surface area contributed by atoms with Gasteiger partial charge in [-0.2, -0.15) is 0 Å². The Balaban J connectivity index is 2.09. The highest BCUT2D eigenvalue weighted by Gasteiger charge is 2.08. The van der Waals surface area contributed by atoms with Crippen LogP contribution >= 0.6 is 0 Å². The highest BCUT2D eigenvalue weighted by Crippen LogP contribution is 2.20. The first kappa shape index (κ1) is 12.3. The maximum absolute atomic E-state index is 10.9. The van der Waals surface area contributed by atoms with Gasteiger partial charge in [-0.1, -0.05) is 0 Å². The number of hydrogen-bond acceptors (Lipinski definition) is 4. The van der Waals surface area contributed by atoms with Crippen LogP contribution in [0.25, 0.3) is 17.0 Å². The summed E-state index contributed by atoms with van der Waals surface area (Å²) < 4.78 is 6.75. The molecule has 0 radical (unpaired) electrons. The van der Waals surface area contributed by atoms with Gasteiger partial charge >= 0.3 is 0 Å². The third-order valence-corrected chi connectivity index (χ3v) is 3.20. The maximum Gasteiger partial charge on any atom is 0.182 e. The van der Waals surface area contributed by atoms with E-state index in [1.807, 2.05) is 37.3 Å². The maximum atomic E-state index is 10.9. The number of aryl methyl sites for hydroxylation is 1. The lowest BCUT2D eigenvalue weighted by molar-refractivity contribution is 0.112. The molecule has 0 unspecified atom stereocenters. The Morgan fingerprint density at radius 1 is 1.25 bits per heavy atom. The number of aldehydes is 1. The number of benzene rings is 1. The number of rotatable bonds is 3. The summed E-state index contributed by atoms with van der Waals surface area (Å²) in [4.78, 5) is 15.4. The number of methoxy groups -OCH3 is 1. The molecule has 0 saturated carbocycles. The Hall–Kier alpha value is -2.69. The predicted octanol–water partition coefficient (Wildman–Crippen LogP) is 2.53. The van der Waals surface area contributed by atoms with Crippen LogP contribution in [0, 0.1) is 6.92 Å². The summed E-state index contributed by atoms with van der Waals surface area (Å²) in [5.74, 6) is 1.41. The lowest BCUT2D eigenvalue weighted by atomic mass is 10.2. The van der Waals surface area contributed by atoms with Gasteiger partial charge in [-0.25, -0.2) is 9.50 Å². The molecule has 100 valence electrons. The molecule has 3 aromatic rings. The van der Waals surface area contributed by atoms with E-state index < -0.39 is 0 Å². The van der Waals surface area contributed by atoms with Crippen LogP contribution in [-0.2, 0) is 0 Å². The average molecular weight is 267 g/mol. The van der Waals surface area contributed by atoms with E-state index in [0.29, 0.717) is 11.4 Å². The van der Waals surface area contributed by atoms with Crippen molar-refractivity contribution in [1.82, 2.24) is 14.6 Å². The van der Waals surface area contributed by atoms with Crippen LogP contribution in [0.2, 0.25) is 0 Å². The van der Waals surface area contributed by atoms with Gasteiger partial charge in [0.1, 0.15) is 5.75 Å². The summed E-state index contributed by atoms with van der Waals surface area (Å²) in [6.07, 6.45) is 2.52. The number of nitrogens with zero attached hydrogens (tertiary/aromatic N) is 3. The second kappa shape index (κ2) is 4.77. The van der Waals surface area contributed by atoms with Gasteiger partial charge < -0.3 is 4.74 Å². The van der Waals surface area contributed by atoms with Crippen molar-refractivity contribution in [3.05, 3.63) is 47.7 Å². The monoisotopic (exact) mass is 267 g/mol. The first-order valence-electron chi connectivity index (χ1n) is 6.18. The standard InChI is InChI=1S/C15H13N3O2/c1-10-7-14-16-15(17-18(14)8-12(10)9-19)11-3-5-13(20-2)6-4-11/h3-9H,1-2H3. The van der Waals surface area contributed by atoms with Gasteiger partial charge in [0, 0.05) is 17.3 Å². The van der Waals surface area contributed by atoms with Crippen molar-refractivity contribution in [3.8, 4) is 17.1 Å². The Morgan fingerprint density at radius 3 is 2.65 bits per heavy atom. The number of hydrogen-bond donors (Lipinski definition) is 0. The SMILES string of the molecule is COc1ccc(-c2nc3cc(C)c(C=O)cn3n2)cc1. The molecule has 0 spiro atoms. The number of carbonyl (C=O) groups is 1. The number of pyridine rings is 1. The van der Waals surface area contributed by atoms with E-state index in [-0.39, 0.29) is 0 Å².